The van der Waals surface area contributed by atoms with E-state index in [0.29, 0.717) is 12.0 Å². The molecule has 0 unspecified atom stereocenters. The molecule has 0 radical (unpaired) electrons. The van der Waals surface area contributed by atoms with Gasteiger partial charge in [0.05, 0.1) is 0 Å². The summed E-state index contributed by atoms with van der Waals surface area (Å²) in [6.45, 7) is 7.79. The molecule has 1 amide bonds. The molecule has 1 rings (SSSR count). The van der Waals surface area contributed by atoms with Gasteiger partial charge in [-0.05, 0) is 39.5 Å². The highest BCUT2D eigenvalue weighted by Gasteiger charge is 2.22. The highest BCUT2D eigenvalue weighted by Crippen LogP contribution is 2.23. The SMILES string of the molecule is C[C@@H]1CCCC[C@@H]1NNC(=O)OC(C)(C)C. The van der Waals surface area contributed by atoms with E-state index in [2.05, 4.69) is 17.8 Å². The maximum atomic E-state index is 11.4. The Morgan fingerprint density at radius 1 is 1.25 bits per heavy atom. The molecule has 0 heterocycles. The van der Waals surface area contributed by atoms with Gasteiger partial charge < -0.3 is 4.74 Å². The summed E-state index contributed by atoms with van der Waals surface area (Å²) in [6.07, 6.45) is 4.49. The van der Waals surface area contributed by atoms with E-state index in [1.807, 2.05) is 20.8 Å². The summed E-state index contributed by atoms with van der Waals surface area (Å²) < 4.78 is 5.15. The van der Waals surface area contributed by atoms with Gasteiger partial charge in [0.25, 0.3) is 0 Å². The third-order valence-corrected chi connectivity index (χ3v) is 2.87. The summed E-state index contributed by atoms with van der Waals surface area (Å²) in [5, 5.41) is 0. The van der Waals surface area contributed by atoms with E-state index in [1.165, 1.54) is 19.3 Å². The number of rotatable bonds is 2. The summed E-state index contributed by atoms with van der Waals surface area (Å²) in [6, 6.07) is 0.376. The van der Waals surface area contributed by atoms with Crippen LogP contribution in [0, 0.1) is 5.92 Å². The van der Waals surface area contributed by atoms with Crippen LogP contribution >= 0.6 is 0 Å². The lowest BCUT2D eigenvalue weighted by atomic mass is 9.86. The van der Waals surface area contributed by atoms with Crippen LogP contribution in [0.3, 0.4) is 0 Å². The third kappa shape index (κ3) is 4.84. The lowest BCUT2D eigenvalue weighted by Crippen LogP contribution is -2.49. The first-order valence-electron chi connectivity index (χ1n) is 6.13. The van der Waals surface area contributed by atoms with E-state index in [4.69, 9.17) is 4.74 Å². The van der Waals surface area contributed by atoms with E-state index in [-0.39, 0.29) is 0 Å². The quantitative estimate of drug-likeness (QED) is 0.714. The molecule has 1 fully saturated rings. The van der Waals surface area contributed by atoms with Crippen molar-refractivity contribution in [3.63, 3.8) is 0 Å². The first-order valence-corrected chi connectivity index (χ1v) is 6.13. The number of carbonyl (C=O) groups is 1. The summed E-state index contributed by atoms with van der Waals surface area (Å²) in [5.41, 5.74) is 5.26. The standard InChI is InChI=1S/C12H24N2O2/c1-9-7-5-6-8-10(9)13-14-11(15)16-12(2,3)4/h9-10,13H,5-8H2,1-4H3,(H,14,15)/t9-,10+/m1/s1. The molecule has 1 saturated carbocycles. The molecule has 0 bridgehead atoms. The van der Waals surface area contributed by atoms with E-state index in [9.17, 15) is 4.79 Å². The zero-order valence-corrected chi connectivity index (χ0v) is 10.8. The minimum atomic E-state index is -0.441. The summed E-state index contributed by atoms with van der Waals surface area (Å²) in [4.78, 5) is 11.4. The van der Waals surface area contributed by atoms with Crippen LogP contribution in [0.2, 0.25) is 0 Å². The topological polar surface area (TPSA) is 50.4 Å². The predicted molar refractivity (Wildman–Crippen MR) is 63.9 cm³/mol. The minimum absolute atomic E-state index is 0.376. The Balaban J connectivity index is 2.25. The molecule has 0 aliphatic heterocycles. The summed E-state index contributed by atoms with van der Waals surface area (Å²) >= 11 is 0. The van der Waals surface area contributed by atoms with Crippen molar-refractivity contribution in [1.29, 1.82) is 0 Å². The van der Waals surface area contributed by atoms with E-state index in [1.54, 1.807) is 0 Å². The molecular weight excluding hydrogens is 204 g/mol. The second-order valence-corrected chi connectivity index (χ2v) is 5.64. The molecule has 0 saturated heterocycles. The van der Waals surface area contributed by atoms with Crippen molar-refractivity contribution in [2.45, 2.75) is 65.0 Å². The van der Waals surface area contributed by atoms with Gasteiger partial charge in [-0.1, -0.05) is 19.8 Å². The van der Waals surface area contributed by atoms with Crippen LogP contribution < -0.4 is 10.9 Å². The normalized spacial score (nSPS) is 26.2. The van der Waals surface area contributed by atoms with Crippen LogP contribution in [0.5, 0.6) is 0 Å². The molecule has 94 valence electrons. The van der Waals surface area contributed by atoms with Gasteiger partial charge in [-0.3, -0.25) is 5.43 Å². The molecule has 4 nitrogen and oxygen atoms in total. The molecule has 0 aromatic carbocycles. The van der Waals surface area contributed by atoms with Crippen molar-refractivity contribution in [1.82, 2.24) is 10.9 Å². The minimum Gasteiger partial charge on any atom is -0.443 e. The Morgan fingerprint density at radius 2 is 1.88 bits per heavy atom. The zero-order valence-electron chi connectivity index (χ0n) is 10.8. The van der Waals surface area contributed by atoms with E-state index >= 15 is 0 Å². The molecule has 1 aliphatic carbocycles. The number of ether oxygens (including phenoxy) is 1. The first kappa shape index (κ1) is 13.3. The molecule has 2 N–H and O–H groups in total. The lowest BCUT2D eigenvalue weighted by molar-refractivity contribution is 0.0473. The van der Waals surface area contributed by atoms with Crippen LogP contribution in [0.15, 0.2) is 0 Å². The van der Waals surface area contributed by atoms with Gasteiger partial charge in [0.2, 0.25) is 0 Å². The van der Waals surface area contributed by atoms with Crippen LogP contribution in [0.25, 0.3) is 0 Å². The fourth-order valence-corrected chi connectivity index (χ4v) is 1.99. The molecular formula is C12H24N2O2. The van der Waals surface area contributed by atoms with Gasteiger partial charge in [0.1, 0.15) is 5.60 Å². The predicted octanol–water partition coefficient (Wildman–Crippen LogP) is 2.59. The maximum absolute atomic E-state index is 11.4. The Kier molecular flexibility index (Phi) is 4.59. The second-order valence-electron chi connectivity index (χ2n) is 5.64. The van der Waals surface area contributed by atoms with Crippen molar-refractivity contribution in [3.05, 3.63) is 0 Å². The number of hydrogen-bond donors (Lipinski definition) is 2. The maximum Gasteiger partial charge on any atom is 0.422 e. The highest BCUT2D eigenvalue weighted by atomic mass is 16.6. The van der Waals surface area contributed by atoms with Gasteiger partial charge >= 0.3 is 6.09 Å². The van der Waals surface area contributed by atoms with Gasteiger partial charge in [-0.15, -0.1) is 0 Å². The Hall–Kier alpha value is -0.770. The number of nitrogens with one attached hydrogen (secondary N) is 2. The fraction of sp³-hybridized carbons (Fsp3) is 0.917. The van der Waals surface area contributed by atoms with E-state index in [0.717, 1.165) is 6.42 Å². The summed E-state index contributed by atoms with van der Waals surface area (Å²) in [7, 11) is 0. The molecule has 0 aromatic heterocycles. The molecule has 2 atom stereocenters. The lowest BCUT2D eigenvalue weighted by Gasteiger charge is -2.30. The average molecular weight is 228 g/mol. The zero-order chi connectivity index (χ0) is 12.2. The highest BCUT2D eigenvalue weighted by molar-refractivity contribution is 5.67. The number of carbonyl (C=O) groups excluding carboxylic acids is 1. The van der Waals surface area contributed by atoms with Crippen LogP contribution in [-0.2, 0) is 4.74 Å². The van der Waals surface area contributed by atoms with Gasteiger partial charge in [-0.25, -0.2) is 10.2 Å². The Bertz CT molecular complexity index is 236. The Morgan fingerprint density at radius 3 is 2.44 bits per heavy atom. The average Bonchev–Trinajstić information content (AvgIpc) is 2.14. The third-order valence-electron chi connectivity index (χ3n) is 2.87. The van der Waals surface area contributed by atoms with Gasteiger partial charge in [0, 0.05) is 6.04 Å². The molecule has 16 heavy (non-hydrogen) atoms. The Labute approximate surface area is 98.1 Å². The van der Waals surface area contributed by atoms with Crippen molar-refractivity contribution in [3.8, 4) is 0 Å². The monoisotopic (exact) mass is 228 g/mol. The van der Waals surface area contributed by atoms with Crippen molar-refractivity contribution >= 4 is 6.09 Å². The van der Waals surface area contributed by atoms with Gasteiger partial charge in [0.15, 0.2) is 0 Å². The number of hydrogen-bond acceptors (Lipinski definition) is 3. The molecule has 4 heteroatoms. The van der Waals surface area contributed by atoms with Gasteiger partial charge in [-0.2, -0.15) is 0 Å². The van der Waals surface area contributed by atoms with Crippen molar-refractivity contribution < 1.29 is 9.53 Å². The molecule has 1 aliphatic rings. The van der Waals surface area contributed by atoms with Crippen LogP contribution in [-0.4, -0.2) is 17.7 Å². The molecule has 0 spiro atoms. The smallest absolute Gasteiger partial charge is 0.422 e. The summed E-state index contributed by atoms with van der Waals surface area (Å²) in [5.74, 6) is 0.615. The fourth-order valence-electron chi connectivity index (χ4n) is 1.99. The molecule has 0 aromatic rings. The number of amides is 1. The first-order chi connectivity index (χ1) is 7.38. The van der Waals surface area contributed by atoms with E-state index < -0.39 is 11.7 Å². The van der Waals surface area contributed by atoms with Crippen molar-refractivity contribution in [2.75, 3.05) is 0 Å². The van der Waals surface area contributed by atoms with Crippen molar-refractivity contribution in [2.24, 2.45) is 5.92 Å². The largest absolute Gasteiger partial charge is 0.443 e. The van der Waals surface area contributed by atoms with Crippen LogP contribution in [0.1, 0.15) is 53.4 Å². The second kappa shape index (κ2) is 5.53. The van der Waals surface area contributed by atoms with Crippen LogP contribution in [0.4, 0.5) is 4.79 Å². The number of hydrazine groups is 1.